The number of carbonyl (C=O) groups is 1. The van der Waals surface area contributed by atoms with Crippen molar-refractivity contribution in [2.75, 3.05) is 20.3 Å². The average Bonchev–Trinajstić information content (AvgIpc) is 3.35. The van der Waals surface area contributed by atoms with E-state index in [0.29, 0.717) is 24.9 Å². The van der Waals surface area contributed by atoms with Crippen molar-refractivity contribution in [2.24, 2.45) is 61.1 Å². The maximum atomic E-state index is 13.1. The summed E-state index contributed by atoms with van der Waals surface area (Å²) >= 11 is 0. The molecule has 0 unspecified atom stereocenters. The fourth-order valence-corrected chi connectivity index (χ4v) is 17.1. The standard InChI is InChI=1S/C51H76O6/c1-8-11-36-13-10-20-48-28-30-50-39(12-9-2)51(55,57-41(50)33-38-16-14-37(15-17-38)19-32-56-7)31-29-49(50,35-52)46(48,6)26-27-47(21-18-36)40-34-44(4,42(53)54)23-22-43(40,3)24-25-45(47,48)5/h14-17,36,39-41,52,55H,8-9,11-13,18-19,21-35H2,1-7H3,(H,53,54)/t36-,39-,40-,41+,43-,44-,45+,46-,47+,48-,49-,50-,51+/m1/s1. The first kappa shape index (κ1) is 41.8. The minimum absolute atomic E-state index is 0.0306. The maximum absolute atomic E-state index is 13.1. The molecule has 6 fully saturated rings. The Bertz CT molecular complexity index is 1750. The van der Waals surface area contributed by atoms with Gasteiger partial charge in [-0.1, -0.05) is 77.6 Å². The van der Waals surface area contributed by atoms with E-state index in [9.17, 15) is 20.1 Å². The zero-order valence-electron chi connectivity index (χ0n) is 36.7. The summed E-state index contributed by atoms with van der Waals surface area (Å²) in [6.07, 6.45) is 18.7. The highest BCUT2D eigenvalue weighted by Crippen LogP contribution is 2.88. The number of carboxylic acids is 1. The van der Waals surface area contributed by atoms with Crippen LogP contribution in [0.3, 0.4) is 0 Å². The third-order valence-corrected chi connectivity index (χ3v) is 20.3. The average molecular weight is 785 g/mol. The molecule has 1 heterocycles. The van der Waals surface area contributed by atoms with Gasteiger partial charge in [-0.2, -0.15) is 0 Å². The molecule has 57 heavy (non-hydrogen) atoms. The minimum atomic E-state index is -1.20. The summed E-state index contributed by atoms with van der Waals surface area (Å²) < 4.78 is 12.5. The number of rotatable bonds is 11. The molecule has 4 bridgehead atoms. The van der Waals surface area contributed by atoms with E-state index in [1.807, 2.05) is 6.92 Å². The molecule has 0 radical (unpaired) electrons. The summed E-state index contributed by atoms with van der Waals surface area (Å²) in [6.45, 7) is 15.1. The van der Waals surface area contributed by atoms with Crippen molar-refractivity contribution in [1.82, 2.24) is 0 Å². The van der Waals surface area contributed by atoms with E-state index in [4.69, 9.17) is 9.47 Å². The van der Waals surface area contributed by atoms with Crippen LogP contribution in [-0.4, -0.2) is 53.5 Å². The second-order valence-electron chi connectivity index (χ2n) is 22.0. The lowest BCUT2D eigenvalue weighted by atomic mass is 9.22. The maximum Gasteiger partial charge on any atom is 0.309 e. The number of methoxy groups -OCH3 is 1. The molecule has 1 saturated heterocycles. The summed E-state index contributed by atoms with van der Waals surface area (Å²) in [5, 5.41) is 36.0. The number of carboxylic acid groups (broad SMARTS) is 1. The van der Waals surface area contributed by atoms with Gasteiger partial charge in [-0.3, -0.25) is 4.79 Å². The van der Waals surface area contributed by atoms with Gasteiger partial charge in [-0.25, -0.2) is 0 Å². The second kappa shape index (κ2) is 14.3. The molecule has 6 nitrogen and oxygen atoms in total. The number of aliphatic hydroxyl groups excluding tert-OH is 1. The first-order valence-electron chi connectivity index (χ1n) is 23.4. The van der Waals surface area contributed by atoms with Crippen LogP contribution in [0.1, 0.15) is 168 Å². The first-order valence-corrected chi connectivity index (χ1v) is 23.4. The van der Waals surface area contributed by atoms with Gasteiger partial charge in [0, 0.05) is 48.7 Å². The van der Waals surface area contributed by atoms with Crippen molar-refractivity contribution < 1.29 is 29.6 Å². The van der Waals surface area contributed by atoms with Crippen LogP contribution in [0.2, 0.25) is 0 Å². The Morgan fingerprint density at radius 3 is 2.25 bits per heavy atom. The van der Waals surface area contributed by atoms with Gasteiger partial charge in [0.2, 0.25) is 0 Å². The molecule has 1 aromatic rings. The summed E-state index contributed by atoms with van der Waals surface area (Å²) in [5.74, 6) is 7.30. The van der Waals surface area contributed by atoms with Gasteiger partial charge in [-0.15, -0.1) is 5.92 Å². The summed E-state index contributed by atoms with van der Waals surface area (Å²) in [6, 6.07) is 8.94. The van der Waals surface area contributed by atoms with Crippen molar-refractivity contribution in [2.45, 2.75) is 182 Å². The van der Waals surface area contributed by atoms with Crippen LogP contribution >= 0.6 is 0 Å². The lowest BCUT2D eigenvalue weighted by Crippen LogP contribution is -2.78. The van der Waals surface area contributed by atoms with Gasteiger partial charge in [0.1, 0.15) is 0 Å². The Labute approximate surface area is 345 Å². The quantitative estimate of drug-likeness (QED) is 0.193. The van der Waals surface area contributed by atoms with Gasteiger partial charge in [0.15, 0.2) is 5.79 Å². The number of benzene rings is 1. The van der Waals surface area contributed by atoms with Gasteiger partial charge >= 0.3 is 5.97 Å². The van der Waals surface area contributed by atoms with Crippen LogP contribution in [0.25, 0.3) is 0 Å². The van der Waals surface area contributed by atoms with Crippen molar-refractivity contribution in [3.8, 4) is 11.8 Å². The Balaban J connectivity index is 1.30. The second-order valence-corrected chi connectivity index (χ2v) is 22.0. The highest BCUT2D eigenvalue weighted by molar-refractivity contribution is 5.74. The molecule has 316 valence electrons. The third kappa shape index (κ3) is 5.45. The van der Waals surface area contributed by atoms with Crippen molar-refractivity contribution in [1.29, 1.82) is 0 Å². The first-order chi connectivity index (χ1) is 27.1. The van der Waals surface area contributed by atoms with Gasteiger partial charge < -0.3 is 24.8 Å². The number of fused-ring (bicyclic) bond motifs is 3. The fourth-order valence-electron chi connectivity index (χ4n) is 17.1. The van der Waals surface area contributed by atoms with Crippen LogP contribution in [0.4, 0.5) is 0 Å². The highest BCUT2D eigenvalue weighted by atomic mass is 16.6. The monoisotopic (exact) mass is 785 g/mol. The molecular weight excluding hydrogens is 709 g/mol. The molecule has 2 spiro atoms. The molecule has 0 amide bonds. The Morgan fingerprint density at radius 2 is 1.56 bits per heavy atom. The molecule has 6 heteroatoms. The molecule has 0 aromatic heterocycles. The minimum Gasteiger partial charge on any atom is -0.481 e. The van der Waals surface area contributed by atoms with Crippen LogP contribution in [0.15, 0.2) is 24.3 Å². The molecule has 7 aliphatic rings. The summed E-state index contributed by atoms with van der Waals surface area (Å²) in [5.41, 5.74) is 0.134. The van der Waals surface area contributed by atoms with E-state index in [0.717, 1.165) is 109 Å². The summed E-state index contributed by atoms with van der Waals surface area (Å²) in [4.78, 5) is 13.1. The van der Waals surface area contributed by atoms with E-state index in [1.54, 1.807) is 7.11 Å². The molecular formula is C51H76O6. The topological polar surface area (TPSA) is 96.2 Å². The molecule has 13 atom stereocenters. The molecule has 3 N–H and O–H groups in total. The van der Waals surface area contributed by atoms with E-state index < -0.39 is 28.0 Å². The summed E-state index contributed by atoms with van der Waals surface area (Å²) in [7, 11) is 1.75. The lowest BCUT2D eigenvalue weighted by Gasteiger charge is -2.81. The van der Waals surface area contributed by atoms with E-state index in [2.05, 4.69) is 70.7 Å². The number of aliphatic hydroxyl groups is 2. The van der Waals surface area contributed by atoms with Gasteiger partial charge in [0.25, 0.3) is 0 Å². The molecule has 5 saturated carbocycles. The fraction of sp³-hybridized carbons (Fsp3) is 0.824. The zero-order chi connectivity index (χ0) is 40.8. The van der Waals surface area contributed by atoms with E-state index >= 15 is 0 Å². The van der Waals surface area contributed by atoms with E-state index in [1.165, 1.54) is 24.0 Å². The number of hydrogen-bond donors (Lipinski definition) is 3. The van der Waals surface area contributed by atoms with Crippen LogP contribution in [0, 0.1) is 72.9 Å². The predicted molar refractivity (Wildman–Crippen MR) is 225 cm³/mol. The Morgan fingerprint density at radius 1 is 0.860 bits per heavy atom. The highest BCUT2D eigenvalue weighted by Gasteiger charge is 2.85. The van der Waals surface area contributed by atoms with Crippen molar-refractivity contribution in [3.05, 3.63) is 35.4 Å². The Kier molecular flexibility index (Phi) is 10.5. The van der Waals surface area contributed by atoms with Gasteiger partial charge in [0.05, 0.1) is 18.1 Å². The predicted octanol–water partition coefficient (Wildman–Crippen LogP) is 10.5. The molecule has 8 rings (SSSR count). The molecule has 1 aromatic carbocycles. The van der Waals surface area contributed by atoms with E-state index in [-0.39, 0.29) is 45.7 Å². The van der Waals surface area contributed by atoms with Crippen LogP contribution in [-0.2, 0) is 27.1 Å². The SMILES string of the molecule is CCC[C@@H]1CC#C[C@]23CC[C@@]45[C@H](Cc6ccc(CCOC)cc6)O[C@@](O)(CC[C@@]4(CO)[C@]2(C)CC[C@@]2(CC1)[C@@H]1C[C@](C)(C(=O)O)CC[C@]1(C)CC[C@@]23C)[C@@H]5CCC. The lowest BCUT2D eigenvalue weighted by molar-refractivity contribution is -0.336. The zero-order valence-corrected chi connectivity index (χ0v) is 36.7. The number of hydrogen-bond acceptors (Lipinski definition) is 5. The molecule has 1 aliphatic heterocycles. The van der Waals surface area contributed by atoms with Crippen LogP contribution in [0.5, 0.6) is 0 Å². The van der Waals surface area contributed by atoms with Gasteiger partial charge in [-0.05, 0) is 154 Å². The smallest absolute Gasteiger partial charge is 0.309 e. The van der Waals surface area contributed by atoms with Crippen molar-refractivity contribution >= 4 is 5.97 Å². The Hall–Kier alpha value is -1.91. The normalized spacial score (nSPS) is 48.4. The molecule has 6 aliphatic carbocycles. The number of ether oxygens (including phenoxy) is 2. The largest absolute Gasteiger partial charge is 0.481 e. The number of aliphatic carboxylic acids is 1. The van der Waals surface area contributed by atoms with Crippen LogP contribution < -0.4 is 0 Å². The van der Waals surface area contributed by atoms with Crippen molar-refractivity contribution in [3.63, 3.8) is 0 Å². The third-order valence-electron chi connectivity index (χ3n) is 20.3.